The maximum Gasteiger partial charge on any atom is 0.326 e. The average molecular weight is 358 g/mol. The van der Waals surface area contributed by atoms with E-state index in [2.05, 4.69) is 15.9 Å². The summed E-state index contributed by atoms with van der Waals surface area (Å²) in [5.74, 6) is -4.08. The van der Waals surface area contributed by atoms with Gasteiger partial charge in [0.05, 0.1) is 5.56 Å². The first kappa shape index (κ1) is 14.4. The third-order valence-corrected chi connectivity index (χ3v) is 4.32. The molecule has 2 aromatic carbocycles. The van der Waals surface area contributed by atoms with E-state index in [0.29, 0.717) is 4.47 Å². The fraction of sp³-hybridized carbons (Fsp3) is 0.200. The topological polar surface area (TPSA) is 23.5 Å². The summed E-state index contributed by atoms with van der Waals surface area (Å²) in [5, 5.41) is 10.7. The molecule has 0 radical (unpaired) electrons. The van der Waals surface area contributed by atoms with Crippen molar-refractivity contribution < 1.29 is 18.3 Å². The van der Waals surface area contributed by atoms with Crippen molar-refractivity contribution in [2.24, 2.45) is 0 Å². The minimum atomic E-state index is -3.53. The Hall–Kier alpha value is -1.53. The lowest BCUT2D eigenvalue weighted by Crippen LogP contribution is -2.50. The standard InChI is InChI=1S/C15H11BrF3NO/c1-20-13-7-4-10(16)8-12(13)14(18,19)15(20,21)9-2-5-11(17)6-3-9/h2-8,21H,1H3. The molecule has 1 aliphatic rings. The quantitative estimate of drug-likeness (QED) is 0.834. The summed E-state index contributed by atoms with van der Waals surface area (Å²) in [4.78, 5) is 1.11. The number of likely N-dealkylation sites (N-methyl/N-ethyl adjacent to an activating group) is 1. The van der Waals surface area contributed by atoms with Gasteiger partial charge in [-0.15, -0.1) is 0 Å². The van der Waals surface area contributed by atoms with Crippen LogP contribution in [0.4, 0.5) is 18.9 Å². The summed E-state index contributed by atoms with van der Waals surface area (Å²) < 4.78 is 43.1. The van der Waals surface area contributed by atoms with Gasteiger partial charge in [0, 0.05) is 22.8 Å². The molecule has 0 saturated heterocycles. The summed E-state index contributed by atoms with van der Waals surface area (Å²) in [6.45, 7) is 0. The van der Waals surface area contributed by atoms with Gasteiger partial charge in [-0.3, -0.25) is 0 Å². The van der Waals surface area contributed by atoms with Gasteiger partial charge in [0.25, 0.3) is 0 Å². The van der Waals surface area contributed by atoms with Crippen molar-refractivity contribution in [2.75, 3.05) is 11.9 Å². The van der Waals surface area contributed by atoms with Crippen LogP contribution in [-0.4, -0.2) is 12.2 Å². The van der Waals surface area contributed by atoms with E-state index in [1.54, 1.807) is 6.07 Å². The van der Waals surface area contributed by atoms with Crippen LogP contribution in [0.5, 0.6) is 0 Å². The van der Waals surface area contributed by atoms with Gasteiger partial charge in [-0.05, 0) is 30.3 Å². The number of anilines is 1. The number of fused-ring (bicyclic) bond motifs is 1. The maximum atomic E-state index is 14.8. The minimum Gasteiger partial charge on any atom is -0.362 e. The zero-order valence-corrected chi connectivity index (χ0v) is 12.5. The fourth-order valence-corrected chi connectivity index (χ4v) is 3.04. The summed E-state index contributed by atoms with van der Waals surface area (Å²) >= 11 is 3.16. The number of benzene rings is 2. The maximum absolute atomic E-state index is 14.8. The number of halogens is 4. The molecule has 3 rings (SSSR count). The van der Waals surface area contributed by atoms with Crippen LogP contribution in [0, 0.1) is 5.82 Å². The molecule has 1 aliphatic heterocycles. The van der Waals surface area contributed by atoms with E-state index in [4.69, 9.17) is 0 Å². The van der Waals surface area contributed by atoms with Crippen LogP contribution in [0.3, 0.4) is 0 Å². The lowest BCUT2D eigenvalue weighted by atomic mass is 9.94. The molecule has 21 heavy (non-hydrogen) atoms. The van der Waals surface area contributed by atoms with Gasteiger partial charge in [0.1, 0.15) is 5.82 Å². The predicted molar refractivity (Wildman–Crippen MR) is 76.7 cm³/mol. The predicted octanol–water partition coefficient (Wildman–Crippen LogP) is 3.98. The van der Waals surface area contributed by atoms with Gasteiger partial charge < -0.3 is 10.0 Å². The highest BCUT2D eigenvalue weighted by atomic mass is 79.9. The summed E-state index contributed by atoms with van der Waals surface area (Å²) in [6, 6.07) is 8.86. The molecule has 1 atom stereocenters. The first-order valence-electron chi connectivity index (χ1n) is 6.18. The largest absolute Gasteiger partial charge is 0.362 e. The number of nitrogens with zero attached hydrogens (tertiary/aromatic N) is 1. The van der Waals surface area contributed by atoms with Crippen molar-refractivity contribution in [1.82, 2.24) is 0 Å². The van der Waals surface area contributed by atoms with Gasteiger partial charge in [-0.25, -0.2) is 4.39 Å². The average Bonchev–Trinajstić information content (AvgIpc) is 2.59. The Labute approximate surface area is 127 Å². The number of hydrogen-bond acceptors (Lipinski definition) is 2. The Morgan fingerprint density at radius 3 is 2.33 bits per heavy atom. The molecule has 1 heterocycles. The molecule has 0 aliphatic carbocycles. The highest BCUT2D eigenvalue weighted by molar-refractivity contribution is 9.10. The molecule has 0 amide bonds. The SMILES string of the molecule is CN1c2ccc(Br)cc2C(F)(F)C1(O)c1ccc(F)cc1. The Morgan fingerprint density at radius 1 is 1.10 bits per heavy atom. The molecule has 0 spiro atoms. The minimum absolute atomic E-state index is 0.0660. The van der Waals surface area contributed by atoms with Gasteiger partial charge in [0.15, 0.2) is 0 Å². The second-order valence-electron chi connectivity index (χ2n) is 4.97. The molecular formula is C15H11BrF3NO. The Kier molecular flexibility index (Phi) is 3.07. The van der Waals surface area contributed by atoms with Crippen molar-refractivity contribution in [3.8, 4) is 0 Å². The van der Waals surface area contributed by atoms with E-state index >= 15 is 0 Å². The van der Waals surface area contributed by atoms with Crippen molar-refractivity contribution in [3.63, 3.8) is 0 Å². The molecule has 0 aromatic heterocycles. The van der Waals surface area contributed by atoms with E-state index < -0.39 is 17.5 Å². The van der Waals surface area contributed by atoms with Gasteiger partial charge in [-0.2, -0.15) is 8.78 Å². The van der Waals surface area contributed by atoms with Gasteiger partial charge in [-0.1, -0.05) is 28.1 Å². The molecule has 6 heteroatoms. The van der Waals surface area contributed by atoms with Crippen LogP contribution >= 0.6 is 15.9 Å². The molecule has 1 unspecified atom stereocenters. The van der Waals surface area contributed by atoms with Crippen molar-refractivity contribution in [2.45, 2.75) is 11.6 Å². The molecule has 1 N–H and O–H groups in total. The first-order valence-corrected chi connectivity index (χ1v) is 6.98. The lowest BCUT2D eigenvalue weighted by Gasteiger charge is -2.36. The lowest BCUT2D eigenvalue weighted by molar-refractivity contribution is -0.182. The molecule has 0 fully saturated rings. The van der Waals surface area contributed by atoms with E-state index in [1.807, 2.05) is 0 Å². The van der Waals surface area contributed by atoms with Crippen LogP contribution in [-0.2, 0) is 11.6 Å². The Balaban J connectivity index is 2.23. The molecule has 2 aromatic rings. The van der Waals surface area contributed by atoms with E-state index in [-0.39, 0.29) is 16.8 Å². The van der Waals surface area contributed by atoms with Gasteiger partial charge >= 0.3 is 5.92 Å². The zero-order chi connectivity index (χ0) is 15.4. The Bertz CT molecular complexity index is 705. The number of hydrogen-bond donors (Lipinski definition) is 1. The fourth-order valence-electron chi connectivity index (χ4n) is 2.68. The van der Waals surface area contributed by atoms with Crippen molar-refractivity contribution in [3.05, 3.63) is 63.9 Å². The second kappa shape index (κ2) is 4.48. The molecule has 0 bridgehead atoms. The second-order valence-corrected chi connectivity index (χ2v) is 5.89. The third kappa shape index (κ3) is 1.82. The highest BCUT2D eigenvalue weighted by Gasteiger charge is 2.64. The van der Waals surface area contributed by atoms with E-state index in [0.717, 1.165) is 17.0 Å². The van der Waals surface area contributed by atoms with Crippen molar-refractivity contribution in [1.29, 1.82) is 0 Å². The van der Waals surface area contributed by atoms with Gasteiger partial charge in [0.2, 0.25) is 5.72 Å². The van der Waals surface area contributed by atoms with Crippen LogP contribution in [0.2, 0.25) is 0 Å². The molecule has 0 saturated carbocycles. The monoisotopic (exact) mass is 357 g/mol. The first-order chi connectivity index (χ1) is 9.78. The van der Waals surface area contributed by atoms with Crippen LogP contribution in [0.15, 0.2) is 46.9 Å². The van der Waals surface area contributed by atoms with Crippen LogP contribution in [0.25, 0.3) is 0 Å². The number of aliphatic hydroxyl groups is 1. The van der Waals surface area contributed by atoms with Crippen LogP contribution in [0.1, 0.15) is 11.1 Å². The highest BCUT2D eigenvalue weighted by Crippen LogP contribution is 2.57. The summed E-state index contributed by atoms with van der Waals surface area (Å²) in [6.07, 6.45) is 0. The Morgan fingerprint density at radius 2 is 1.71 bits per heavy atom. The van der Waals surface area contributed by atoms with Crippen molar-refractivity contribution >= 4 is 21.6 Å². The third-order valence-electron chi connectivity index (χ3n) is 3.83. The normalized spacial score (nSPS) is 23.2. The van der Waals surface area contributed by atoms with E-state index in [9.17, 15) is 18.3 Å². The zero-order valence-electron chi connectivity index (χ0n) is 10.9. The van der Waals surface area contributed by atoms with E-state index in [1.165, 1.54) is 31.3 Å². The number of alkyl halides is 2. The molecular weight excluding hydrogens is 347 g/mol. The molecule has 110 valence electrons. The number of rotatable bonds is 1. The smallest absolute Gasteiger partial charge is 0.326 e. The van der Waals surface area contributed by atoms with Crippen LogP contribution < -0.4 is 4.90 Å². The summed E-state index contributed by atoms with van der Waals surface area (Å²) in [5.41, 5.74) is -2.66. The summed E-state index contributed by atoms with van der Waals surface area (Å²) in [7, 11) is 1.39. The molecule has 2 nitrogen and oxygen atoms in total.